The lowest BCUT2D eigenvalue weighted by Crippen LogP contribution is -2.32. The standard InChI is InChI=1S/C23H41N3O5.HI/c1-20(2)31-22-10-8-21(9-11-22)26-23(25-13-7-15-30-19-17-28-4)24-12-5-6-14-29-18-16-27-3;/h8-11,20H,5-7,12-19H2,1-4H3,(H2,24,25,26);1H. The van der Waals surface area contributed by atoms with Crippen molar-refractivity contribution in [2.24, 2.45) is 4.99 Å². The van der Waals surface area contributed by atoms with Crippen molar-refractivity contribution in [1.29, 1.82) is 0 Å². The summed E-state index contributed by atoms with van der Waals surface area (Å²) in [4.78, 5) is 4.67. The van der Waals surface area contributed by atoms with Gasteiger partial charge < -0.3 is 34.3 Å². The second-order valence-corrected chi connectivity index (χ2v) is 7.24. The van der Waals surface area contributed by atoms with Gasteiger partial charge in [0.05, 0.1) is 32.5 Å². The van der Waals surface area contributed by atoms with Crippen LogP contribution in [0.5, 0.6) is 5.75 Å². The van der Waals surface area contributed by atoms with Gasteiger partial charge >= 0.3 is 0 Å². The van der Waals surface area contributed by atoms with Gasteiger partial charge in [0.15, 0.2) is 5.96 Å². The Balaban J connectivity index is 0.00000961. The number of methoxy groups -OCH3 is 2. The van der Waals surface area contributed by atoms with E-state index in [1.54, 1.807) is 14.2 Å². The lowest BCUT2D eigenvalue weighted by atomic mass is 10.3. The van der Waals surface area contributed by atoms with E-state index in [1.807, 2.05) is 38.1 Å². The molecule has 8 nitrogen and oxygen atoms in total. The van der Waals surface area contributed by atoms with Crippen molar-refractivity contribution in [2.45, 2.75) is 39.2 Å². The number of rotatable bonds is 18. The summed E-state index contributed by atoms with van der Waals surface area (Å²) >= 11 is 0. The van der Waals surface area contributed by atoms with Gasteiger partial charge in [-0.05, 0) is 57.4 Å². The van der Waals surface area contributed by atoms with Gasteiger partial charge in [0.1, 0.15) is 5.75 Å². The van der Waals surface area contributed by atoms with E-state index in [4.69, 9.17) is 23.7 Å². The number of halogens is 1. The van der Waals surface area contributed by atoms with Crippen molar-refractivity contribution >= 4 is 35.6 Å². The fourth-order valence-electron chi connectivity index (χ4n) is 2.55. The molecular formula is C23H42IN3O5. The fraction of sp³-hybridized carbons (Fsp3) is 0.696. The lowest BCUT2D eigenvalue weighted by molar-refractivity contribution is 0.0689. The maximum Gasteiger partial charge on any atom is 0.195 e. The van der Waals surface area contributed by atoms with Crippen molar-refractivity contribution in [3.8, 4) is 5.75 Å². The Morgan fingerprint density at radius 1 is 0.844 bits per heavy atom. The number of benzene rings is 1. The van der Waals surface area contributed by atoms with E-state index in [0.29, 0.717) is 39.6 Å². The smallest absolute Gasteiger partial charge is 0.195 e. The third kappa shape index (κ3) is 17.4. The second kappa shape index (κ2) is 21.7. The maximum absolute atomic E-state index is 5.70. The summed E-state index contributed by atoms with van der Waals surface area (Å²) in [5, 5.41) is 6.76. The second-order valence-electron chi connectivity index (χ2n) is 7.24. The molecule has 0 saturated heterocycles. The van der Waals surface area contributed by atoms with Crippen LogP contribution >= 0.6 is 24.0 Å². The van der Waals surface area contributed by atoms with E-state index in [1.165, 1.54) is 0 Å². The molecule has 0 radical (unpaired) electrons. The van der Waals surface area contributed by atoms with Crippen molar-refractivity contribution in [1.82, 2.24) is 5.32 Å². The number of ether oxygens (including phenoxy) is 5. The summed E-state index contributed by atoms with van der Waals surface area (Å²) in [5.74, 6) is 1.61. The van der Waals surface area contributed by atoms with Crippen LogP contribution in [-0.4, -0.2) is 79.0 Å². The first-order valence-corrected chi connectivity index (χ1v) is 11.1. The van der Waals surface area contributed by atoms with Gasteiger partial charge in [-0.25, -0.2) is 0 Å². The fourth-order valence-corrected chi connectivity index (χ4v) is 2.55. The molecule has 0 saturated carbocycles. The molecular weight excluding hydrogens is 525 g/mol. The number of unbranched alkanes of at least 4 members (excludes halogenated alkanes) is 1. The molecule has 0 amide bonds. The van der Waals surface area contributed by atoms with Gasteiger partial charge in [0.2, 0.25) is 0 Å². The van der Waals surface area contributed by atoms with E-state index in [0.717, 1.165) is 49.8 Å². The number of nitrogens with zero attached hydrogens (tertiary/aromatic N) is 1. The van der Waals surface area contributed by atoms with Crippen molar-refractivity contribution in [2.75, 3.05) is 72.3 Å². The largest absolute Gasteiger partial charge is 0.491 e. The SMILES string of the molecule is COCCOCCCCNC(=NCCCOCCOC)Nc1ccc(OC(C)C)cc1.I. The number of hydrogen-bond acceptors (Lipinski definition) is 6. The van der Waals surface area contributed by atoms with Crippen molar-refractivity contribution < 1.29 is 23.7 Å². The summed E-state index contributed by atoms with van der Waals surface area (Å²) < 4.78 is 26.7. The summed E-state index contributed by atoms with van der Waals surface area (Å²) in [6.45, 7) is 9.43. The van der Waals surface area contributed by atoms with Crippen LogP contribution in [0, 0.1) is 0 Å². The third-order valence-electron chi connectivity index (χ3n) is 4.08. The Bertz CT molecular complexity index is 573. The summed E-state index contributed by atoms with van der Waals surface area (Å²) in [7, 11) is 3.35. The van der Waals surface area contributed by atoms with Gasteiger partial charge in [-0.3, -0.25) is 4.99 Å². The third-order valence-corrected chi connectivity index (χ3v) is 4.08. The number of aliphatic imine (C=N–C) groups is 1. The normalized spacial score (nSPS) is 11.3. The first-order chi connectivity index (χ1) is 15.2. The average Bonchev–Trinajstić information content (AvgIpc) is 2.75. The molecule has 0 fully saturated rings. The summed E-state index contributed by atoms with van der Waals surface area (Å²) in [6, 6.07) is 7.90. The van der Waals surface area contributed by atoms with E-state index < -0.39 is 0 Å². The molecule has 0 heterocycles. The first-order valence-electron chi connectivity index (χ1n) is 11.1. The number of hydrogen-bond donors (Lipinski definition) is 2. The highest BCUT2D eigenvalue weighted by Gasteiger charge is 2.02. The summed E-state index contributed by atoms with van der Waals surface area (Å²) in [5.41, 5.74) is 0.960. The topological polar surface area (TPSA) is 82.6 Å². The minimum absolute atomic E-state index is 0. The van der Waals surface area contributed by atoms with Crippen LogP contribution in [0.15, 0.2) is 29.3 Å². The minimum atomic E-state index is 0. The van der Waals surface area contributed by atoms with Crippen LogP contribution in [0.2, 0.25) is 0 Å². The number of anilines is 1. The zero-order chi connectivity index (χ0) is 22.6. The van der Waals surface area contributed by atoms with Crippen LogP contribution in [0.3, 0.4) is 0 Å². The molecule has 0 spiro atoms. The highest BCUT2D eigenvalue weighted by atomic mass is 127. The molecule has 9 heteroatoms. The number of nitrogens with one attached hydrogen (secondary N) is 2. The lowest BCUT2D eigenvalue weighted by Gasteiger charge is -2.14. The molecule has 0 aliphatic carbocycles. The predicted molar refractivity (Wildman–Crippen MR) is 141 cm³/mol. The van der Waals surface area contributed by atoms with Crippen LogP contribution in [0.25, 0.3) is 0 Å². The van der Waals surface area contributed by atoms with Gasteiger partial charge in [-0.2, -0.15) is 0 Å². The quantitative estimate of drug-likeness (QED) is 0.120. The van der Waals surface area contributed by atoms with Crippen LogP contribution in [0.1, 0.15) is 33.1 Å². The Kier molecular flexibility index (Phi) is 20.9. The Hall–Kier alpha value is -1.14. The Morgan fingerprint density at radius 2 is 1.47 bits per heavy atom. The van der Waals surface area contributed by atoms with E-state index in [2.05, 4.69) is 15.6 Å². The highest BCUT2D eigenvalue weighted by Crippen LogP contribution is 2.16. The van der Waals surface area contributed by atoms with E-state index in [-0.39, 0.29) is 30.1 Å². The molecule has 1 aromatic rings. The Labute approximate surface area is 210 Å². The molecule has 2 N–H and O–H groups in total. The van der Waals surface area contributed by atoms with Crippen LogP contribution in [-0.2, 0) is 18.9 Å². The zero-order valence-electron chi connectivity index (χ0n) is 20.1. The molecule has 0 aromatic heterocycles. The molecule has 1 aromatic carbocycles. The minimum Gasteiger partial charge on any atom is -0.491 e. The summed E-state index contributed by atoms with van der Waals surface area (Å²) in [6.07, 6.45) is 2.99. The molecule has 186 valence electrons. The molecule has 0 unspecified atom stereocenters. The molecule has 0 aliphatic heterocycles. The maximum atomic E-state index is 5.70. The van der Waals surface area contributed by atoms with Crippen LogP contribution in [0.4, 0.5) is 5.69 Å². The average molecular weight is 568 g/mol. The molecule has 32 heavy (non-hydrogen) atoms. The zero-order valence-corrected chi connectivity index (χ0v) is 22.4. The van der Waals surface area contributed by atoms with Gasteiger partial charge in [0, 0.05) is 46.2 Å². The van der Waals surface area contributed by atoms with Gasteiger partial charge in [0.25, 0.3) is 0 Å². The van der Waals surface area contributed by atoms with Crippen molar-refractivity contribution in [3.63, 3.8) is 0 Å². The molecule has 0 atom stereocenters. The molecule has 0 aliphatic rings. The monoisotopic (exact) mass is 567 g/mol. The first kappa shape index (κ1) is 30.9. The molecule has 0 bridgehead atoms. The van der Waals surface area contributed by atoms with Gasteiger partial charge in [-0.1, -0.05) is 0 Å². The van der Waals surface area contributed by atoms with E-state index in [9.17, 15) is 0 Å². The van der Waals surface area contributed by atoms with Crippen molar-refractivity contribution in [3.05, 3.63) is 24.3 Å². The van der Waals surface area contributed by atoms with E-state index >= 15 is 0 Å². The molecule has 1 rings (SSSR count). The number of guanidine groups is 1. The van der Waals surface area contributed by atoms with Gasteiger partial charge in [-0.15, -0.1) is 24.0 Å². The highest BCUT2D eigenvalue weighted by molar-refractivity contribution is 14.0. The predicted octanol–water partition coefficient (Wildman–Crippen LogP) is 3.95. The van der Waals surface area contributed by atoms with Crippen LogP contribution < -0.4 is 15.4 Å². The Morgan fingerprint density at radius 3 is 2.06 bits per heavy atom.